The minimum absolute atomic E-state index is 0.792. The minimum atomic E-state index is 0.792. The molecule has 0 aromatic heterocycles. The Balaban J connectivity index is 2.25. The molecule has 0 bridgehead atoms. The van der Waals surface area contributed by atoms with Crippen molar-refractivity contribution in [3.63, 3.8) is 0 Å². The van der Waals surface area contributed by atoms with Gasteiger partial charge in [0.25, 0.3) is 0 Å². The Morgan fingerprint density at radius 2 is 2.33 bits per heavy atom. The molecule has 0 saturated heterocycles. The summed E-state index contributed by atoms with van der Waals surface area (Å²) in [6.45, 7) is 2.23. The van der Waals surface area contributed by atoms with E-state index in [4.69, 9.17) is 12.2 Å². The fourth-order valence-electron chi connectivity index (χ4n) is 0.540. The molecule has 2 unspecified atom stereocenters. The Morgan fingerprint density at radius 3 is 2.33 bits per heavy atom. The molecule has 1 heteroatoms. The highest BCUT2D eigenvalue weighted by Gasteiger charge is 2.29. The third-order valence-corrected chi connectivity index (χ3v) is 1.70. The maximum absolute atomic E-state index is 4.69. The van der Waals surface area contributed by atoms with E-state index in [1.165, 1.54) is 6.42 Å². The quantitative estimate of drug-likeness (QED) is 0.451. The van der Waals surface area contributed by atoms with Gasteiger partial charge in [0, 0.05) is 0 Å². The predicted molar refractivity (Wildman–Crippen MR) is 30.9 cm³/mol. The van der Waals surface area contributed by atoms with Gasteiger partial charge < -0.3 is 0 Å². The zero-order valence-electron chi connectivity index (χ0n) is 3.85. The Kier molecular flexibility index (Phi) is 0.922. The topological polar surface area (TPSA) is 0 Å². The molecule has 1 saturated carbocycles. The van der Waals surface area contributed by atoms with E-state index in [0.717, 1.165) is 11.8 Å². The van der Waals surface area contributed by atoms with Crippen molar-refractivity contribution in [2.45, 2.75) is 13.3 Å². The van der Waals surface area contributed by atoms with Gasteiger partial charge >= 0.3 is 0 Å². The fourth-order valence-corrected chi connectivity index (χ4v) is 0.920. The molecule has 0 nitrogen and oxygen atoms in total. The van der Waals surface area contributed by atoms with Crippen molar-refractivity contribution in [1.82, 2.24) is 0 Å². The van der Waals surface area contributed by atoms with Gasteiger partial charge in [0.05, 0.1) is 0 Å². The van der Waals surface area contributed by atoms with Crippen LogP contribution in [0.25, 0.3) is 0 Å². The Bertz CT molecular complexity index is 68.3. The molecule has 0 radical (unpaired) electrons. The number of thiocarbonyl (C=S) groups is 1. The van der Waals surface area contributed by atoms with Crippen molar-refractivity contribution in [2.75, 3.05) is 0 Å². The van der Waals surface area contributed by atoms with Crippen LogP contribution in [0.4, 0.5) is 0 Å². The summed E-state index contributed by atoms with van der Waals surface area (Å²) in [4.78, 5) is 0. The third kappa shape index (κ3) is 0.597. The molecule has 0 amide bonds. The van der Waals surface area contributed by atoms with Gasteiger partial charge in [-0.2, -0.15) is 0 Å². The molecule has 6 heavy (non-hydrogen) atoms. The van der Waals surface area contributed by atoms with Gasteiger partial charge in [0.15, 0.2) is 0 Å². The molecule has 1 rings (SSSR count). The van der Waals surface area contributed by atoms with E-state index in [1.807, 2.05) is 5.37 Å². The summed E-state index contributed by atoms with van der Waals surface area (Å²) in [6.07, 6.45) is 1.34. The van der Waals surface area contributed by atoms with Gasteiger partial charge in [-0.25, -0.2) is 0 Å². The Labute approximate surface area is 43.6 Å². The lowest BCUT2D eigenvalue weighted by Crippen LogP contribution is -1.70. The van der Waals surface area contributed by atoms with Crippen LogP contribution < -0.4 is 0 Å². The van der Waals surface area contributed by atoms with Crippen molar-refractivity contribution in [3.05, 3.63) is 0 Å². The van der Waals surface area contributed by atoms with Crippen LogP contribution in [0.15, 0.2) is 0 Å². The summed E-state index contributed by atoms with van der Waals surface area (Å²) in [5.41, 5.74) is 0. The van der Waals surface area contributed by atoms with Crippen LogP contribution in [-0.4, -0.2) is 5.37 Å². The van der Waals surface area contributed by atoms with E-state index in [9.17, 15) is 0 Å². The molecular weight excluding hydrogens is 92.1 g/mol. The van der Waals surface area contributed by atoms with Crippen molar-refractivity contribution < 1.29 is 0 Å². The first-order valence-electron chi connectivity index (χ1n) is 2.30. The van der Waals surface area contributed by atoms with Gasteiger partial charge in [0.2, 0.25) is 0 Å². The van der Waals surface area contributed by atoms with Gasteiger partial charge in [-0.1, -0.05) is 19.1 Å². The fraction of sp³-hybridized carbons (Fsp3) is 0.800. The lowest BCUT2D eigenvalue weighted by Gasteiger charge is -1.70. The minimum Gasteiger partial charge on any atom is -0.0932 e. The van der Waals surface area contributed by atoms with Crippen LogP contribution >= 0.6 is 12.2 Å². The van der Waals surface area contributed by atoms with Crippen LogP contribution in [0.2, 0.25) is 0 Å². The maximum atomic E-state index is 4.69. The molecule has 2 atom stereocenters. The maximum Gasteiger partial charge on any atom is -0.00998 e. The second-order valence-electron chi connectivity index (χ2n) is 2.01. The van der Waals surface area contributed by atoms with E-state index in [-0.39, 0.29) is 0 Å². The van der Waals surface area contributed by atoms with Crippen LogP contribution in [0.1, 0.15) is 13.3 Å². The summed E-state index contributed by atoms with van der Waals surface area (Å²) in [6, 6.07) is 0. The van der Waals surface area contributed by atoms with Crippen LogP contribution in [0.3, 0.4) is 0 Å². The average molecular weight is 100 g/mol. The molecule has 0 heterocycles. The zero-order chi connectivity index (χ0) is 4.57. The SMILES string of the molecule is CC1CC1C=S. The molecular formula is C5H8S. The van der Waals surface area contributed by atoms with E-state index >= 15 is 0 Å². The smallest absolute Gasteiger partial charge is 0.00998 e. The highest BCUT2D eigenvalue weighted by Crippen LogP contribution is 2.35. The molecule has 1 fully saturated rings. The molecule has 0 N–H and O–H groups in total. The molecule has 1 aliphatic rings. The highest BCUT2D eigenvalue weighted by molar-refractivity contribution is 7.79. The monoisotopic (exact) mass is 100 g/mol. The summed E-state index contributed by atoms with van der Waals surface area (Å²) in [5, 5.41) is 1.88. The van der Waals surface area contributed by atoms with Gasteiger partial charge in [-0.05, 0) is 23.6 Å². The van der Waals surface area contributed by atoms with Crippen LogP contribution in [0, 0.1) is 11.8 Å². The molecule has 34 valence electrons. The number of rotatable bonds is 1. The van der Waals surface area contributed by atoms with Crippen molar-refractivity contribution in [3.8, 4) is 0 Å². The third-order valence-electron chi connectivity index (χ3n) is 1.35. The molecule has 0 aliphatic heterocycles. The van der Waals surface area contributed by atoms with Crippen LogP contribution in [-0.2, 0) is 0 Å². The summed E-state index contributed by atoms with van der Waals surface area (Å²) < 4.78 is 0. The van der Waals surface area contributed by atoms with Gasteiger partial charge in [-0.15, -0.1) is 0 Å². The second kappa shape index (κ2) is 1.30. The average Bonchev–Trinajstić information content (AvgIpc) is 2.19. The van der Waals surface area contributed by atoms with E-state index in [0.29, 0.717) is 0 Å². The lowest BCUT2D eigenvalue weighted by atomic mass is 10.4. The first-order valence-corrected chi connectivity index (χ1v) is 2.77. The summed E-state index contributed by atoms with van der Waals surface area (Å²) in [5.74, 6) is 1.70. The highest BCUT2D eigenvalue weighted by atomic mass is 32.1. The van der Waals surface area contributed by atoms with Crippen molar-refractivity contribution in [2.24, 2.45) is 11.8 Å². The van der Waals surface area contributed by atoms with Gasteiger partial charge in [-0.3, -0.25) is 0 Å². The number of hydrogen-bond acceptors (Lipinski definition) is 1. The Morgan fingerprint density at radius 1 is 1.83 bits per heavy atom. The largest absolute Gasteiger partial charge is 0.0932 e. The second-order valence-corrected chi connectivity index (χ2v) is 2.29. The summed E-state index contributed by atoms with van der Waals surface area (Å²) >= 11 is 4.69. The normalized spacial score (nSPS) is 42.2. The Hall–Kier alpha value is 0.0900. The molecule has 1 aliphatic carbocycles. The standard InChI is InChI=1S/C5H8S/c1-4-2-5(4)3-6/h3-5H,2H2,1H3. The molecule has 0 aromatic carbocycles. The lowest BCUT2D eigenvalue weighted by molar-refractivity contribution is 0.940. The summed E-state index contributed by atoms with van der Waals surface area (Å²) in [7, 11) is 0. The molecule has 0 aromatic rings. The van der Waals surface area contributed by atoms with E-state index in [2.05, 4.69) is 6.92 Å². The first kappa shape index (κ1) is 4.25. The number of hydrogen-bond donors (Lipinski definition) is 0. The van der Waals surface area contributed by atoms with Crippen molar-refractivity contribution in [1.29, 1.82) is 0 Å². The van der Waals surface area contributed by atoms with Crippen LogP contribution in [0.5, 0.6) is 0 Å². The van der Waals surface area contributed by atoms with E-state index in [1.54, 1.807) is 0 Å². The van der Waals surface area contributed by atoms with Gasteiger partial charge in [0.1, 0.15) is 0 Å². The molecule has 0 spiro atoms. The predicted octanol–water partition coefficient (Wildman–Crippen LogP) is 1.64. The first-order chi connectivity index (χ1) is 2.84. The van der Waals surface area contributed by atoms with Crippen molar-refractivity contribution >= 4 is 17.6 Å². The van der Waals surface area contributed by atoms with E-state index < -0.39 is 0 Å². The zero-order valence-corrected chi connectivity index (χ0v) is 4.66.